The number of hydrogen-bond donors (Lipinski definition) is 3. The molecule has 0 bridgehead atoms. The van der Waals surface area contributed by atoms with Crippen LogP contribution < -0.4 is 20.9 Å². The van der Waals surface area contributed by atoms with Crippen molar-refractivity contribution in [3.8, 4) is 6.07 Å². The molecule has 4 fully saturated rings. The molecule has 0 spiro atoms. The number of nitrogens with one attached hydrogen (secondary N) is 3. The predicted molar refractivity (Wildman–Crippen MR) is 209 cm³/mol. The van der Waals surface area contributed by atoms with Gasteiger partial charge in [0.15, 0.2) is 11.4 Å². The van der Waals surface area contributed by atoms with Crippen molar-refractivity contribution >= 4 is 75.3 Å². The lowest BCUT2D eigenvalue weighted by atomic mass is 9.93. The first-order valence-corrected chi connectivity index (χ1v) is 19.8. The number of pyridine rings is 1. The summed E-state index contributed by atoms with van der Waals surface area (Å²) in [6.45, 7) is 2.84. The van der Waals surface area contributed by atoms with E-state index in [1.165, 1.54) is 24.3 Å². The normalized spacial score (nSPS) is 23.1. The largest absolute Gasteiger partial charge is 0.419 e. The lowest BCUT2D eigenvalue weighted by molar-refractivity contribution is -0.468. The number of benzene rings is 1. The van der Waals surface area contributed by atoms with Gasteiger partial charge in [0.1, 0.15) is 18.2 Å². The standard InChI is InChI=1S/C38H40ClF6N9O5S/c1-36(2)34(58)53(25-16-27(37(40,41)42)29(17-46)47-18-25)35(60)54(36)24-3-5-26(6-4-24)59-12-11-51-9-10-52(30(19-51)38(43,44)45)20-32(56)49-23-14-21(39)13-22(15-23)48-28-7-8-31(55)50-33(28)57/h13-16,18,26,28,30,48H,3-12,19-20H2,1-2H3,(H-,49,50,55,56,57)/p+1/t26?,28?,30-/m1/s1. The molecule has 322 valence electrons. The van der Waals surface area contributed by atoms with E-state index < -0.39 is 65.5 Å². The number of amides is 4. The van der Waals surface area contributed by atoms with Gasteiger partial charge in [0.2, 0.25) is 23.3 Å². The molecule has 3 saturated heterocycles. The highest BCUT2D eigenvalue weighted by Gasteiger charge is 2.58. The molecule has 2 aromatic rings. The number of alkyl halides is 6. The molecule has 14 nitrogen and oxygen atoms in total. The highest BCUT2D eigenvalue weighted by atomic mass is 35.5. The second kappa shape index (κ2) is 17.7. The summed E-state index contributed by atoms with van der Waals surface area (Å²) < 4.78 is 91.7. The summed E-state index contributed by atoms with van der Waals surface area (Å²) in [5.74, 6) is -2.15. The van der Waals surface area contributed by atoms with Crippen molar-refractivity contribution in [3.05, 3.63) is 46.7 Å². The van der Waals surface area contributed by atoms with Gasteiger partial charge in [-0.3, -0.25) is 29.5 Å². The van der Waals surface area contributed by atoms with Crippen LogP contribution in [0.1, 0.15) is 63.6 Å². The number of ether oxygens (including phenoxy) is 1. The third-order valence-electron chi connectivity index (χ3n) is 10.9. The minimum Gasteiger partial charge on any atom is -0.377 e. The molecule has 1 unspecified atom stereocenters. The van der Waals surface area contributed by atoms with E-state index in [-0.39, 0.29) is 79.1 Å². The number of carbonyl (C=O) groups is 4. The molecule has 4 heterocycles. The van der Waals surface area contributed by atoms with Gasteiger partial charge in [0, 0.05) is 80.1 Å². The number of piperidine rings is 1. The number of hydrogen-bond acceptors (Lipinski definition) is 11. The Morgan fingerprint density at radius 1 is 1.07 bits per heavy atom. The summed E-state index contributed by atoms with van der Waals surface area (Å²) in [5, 5.41) is 17.1. The Morgan fingerprint density at radius 2 is 1.77 bits per heavy atom. The smallest absolute Gasteiger partial charge is 0.377 e. The molecule has 4 amide bonds. The van der Waals surface area contributed by atoms with E-state index in [0.29, 0.717) is 37.4 Å². The summed E-state index contributed by atoms with van der Waals surface area (Å²) in [7, 11) is 0. The average molecular weight is 885 g/mol. The first-order valence-electron chi connectivity index (χ1n) is 19.0. The quantitative estimate of drug-likeness (QED) is 0.130. The number of piperazine rings is 1. The minimum absolute atomic E-state index is 0.0206. The summed E-state index contributed by atoms with van der Waals surface area (Å²) in [4.78, 5) is 57.5. The molecule has 3 N–H and O–H groups in total. The molecule has 6 rings (SSSR count). The maximum Gasteiger partial charge on any atom is 0.419 e. The summed E-state index contributed by atoms with van der Waals surface area (Å²) >= 11 is 11.8. The van der Waals surface area contributed by atoms with Gasteiger partial charge in [-0.25, -0.2) is 14.4 Å². The molecule has 0 radical (unpaired) electrons. The number of anilines is 3. The van der Waals surface area contributed by atoms with Crippen LogP contribution in [0.3, 0.4) is 0 Å². The molecule has 2 atom stereocenters. The summed E-state index contributed by atoms with van der Waals surface area (Å²) in [5.41, 5.74) is -2.20. The van der Waals surface area contributed by atoms with Gasteiger partial charge in [-0.1, -0.05) is 11.6 Å². The lowest BCUT2D eigenvalue weighted by Crippen LogP contribution is -2.60. The van der Waals surface area contributed by atoms with E-state index in [4.69, 9.17) is 33.8 Å². The van der Waals surface area contributed by atoms with E-state index in [2.05, 4.69) is 20.9 Å². The Balaban J connectivity index is 1.00. The van der Waals surface area contributed by atoms with Crippen molar-refractivity contribution in [2.24, 2.45) is 0 Å². The topological polar surface area (TPSA) is 163 Å². The van der Waals surface area contributed by atoms with E-state index in [9.17, 15) is 45.5 Å². The van der Waals surface area contributed by atoms with Crippen LogP contribution in [0.5, 0.6) is 0 Å². The highest BCUT2D eigenvalue weighted by Crippen LogP contribution is 2.37. The predicted octanol–water partition coefficient (Wildman–Crippen LogP) is 4.85. The fourth-order valence-electron chi connectivity index (χ4n) is 7.84. The lowest BCUT2D eigenvalue weighted by Gasteiger charge is -2.41. The summed E-state index contributed by atoms with van der Waals surface area (Å²) in [6.07, 6.45) is -6.48. The third-order valence-corrected chi connectivity index (χ3v) is 11.4. The molecule has 4 aliphatic rings. The van der Waals surface area contributed by atoms with Gasteiger partial charge in [-0.15, -0.1) is 4.90 Å². The zero-order valence-electron chi connectivity index (χ0n) is 32.4. The number of halogens is 7. The maximum absolute atomic E-state index is 14.3. The van der Waals surface area contributed by atoms with Crippen LogP contribution in [-0.4, -0.2) is 123 Å². The van der Waals surface area contributed by atoms with Gasteiger partial charge in [0.25, 0.3) is 0 Å². The molecule has 1 aromatic carbocycles. The van der Waals surface area contributed by atoms with Crippen molar-refractivity contribution in [2.75, 3.05) is 54.9 Å². The zero-order valence-corrected chi connectivity index (χ0v) is 34.0. The fraction of sp³-hybridized carbons (Fsp3) is 0.526. The van der Waals surface area contributed by atoms with Crippen LogP contribution in [0.2, 0.25) is 5.02 Å². The van der Waals surface area contributed by atoms with Crippen molar-refractivity contribution in [3.63, 3.8) is 0 Å². The summed E-state index contributed by atoms with van der Waals surface area (Å²) in [6, 6.07) is 3.88. The minimum atomic E-state index is -4.89. The number of nitriles is 1. The van der Waals surface area contributed by atoms with Crippen LogP contribution in [0, 0.1) is 11.3 Å². The first-order chi connectivity index (χ1) is 28.1. The number of thiocarbonyl (C=S) groups is 1. The molecule has 60 heavy (non-hydrogen) atoms. The van der Waals surface area contributed by atoms with E-state index >= 15 is 0 Å². The number of aromatic nitrogens is 1. The second-order valence-corrected chi connectivity index (χ2v) is 16.2. The van der Waals surface area contributed by atoms with Crippen molar-refractivity contribution in [1.82, 2.24) is 20.1 Å². The van der Waals surface area contributed by atoms with Crippen molar-refractivity contribution < 1.29 is 54.8 Å². The molecule has 3 aliphatic heterocycles. The molecule has 1 saturated carbocycles. The maximum atomic E-state index is 14.3. The number of rotatable bonds is 10. The van der Waals surface area contributed by atoms with E-state index in [1.807, 2.05) is 0 Å². The van der Waals surface area contributed by atoms with Crippen LogP contribution in [0.15, 0.2) is 30.5 Å². The molecule has 1 aliphatic carbocycles. The highest BCUT2D eigenvalue weighted by molar-refractivity contribution is 7.80. The van der Waals surface area contributed by atoms with Gasteiger partial charge < -0.3 is 15.4 Å². The third kappa shape index (κ3) is 10.1. The number of nitrogens with zero attached hydrogens (tertiary/aromatic N) is 6. The number of carbonyl (C=O) groups excluding carboxylic acids is 4. The SMILES string of the molecule is CC1(C)C(=O)N(c2cnc(C#N)c(C(F)(F)F)c2)C(=S)[N+]1=C1CCC(OCCN2CCN(CC(=O)Nc3cc(Cl)cc(NC4CCC(=O)NC4=O)c3)[C@@H](C(F)(F)F)C2)CC1. The first kappa shape index (κ1) is 44.8. The average Bonchev–Trinajstić information content (AvgIpc) is 3.34. The molecule has 1 aromatic heterocycles. The Bertz CT molecular complexity index is 2140. The Hall–Kier alpha value is -4.75. The fourth-order valence-corrected chi connectivity index (χ4v) is 8.62. The Labute approximate surface area is 350 Å². The van der Waals surface area contributed by atoms with Gasteiger partial charge in [0.05, 0.1) is 36.7 Å². The van der Waals surface area contributed by atoms with Gasteiger partial charge in [-0.2, -0.15) is 31.6 Å². The van der Waals surface area contributed by atoms with Crippen LogP contribution >= 0.6 is 23.8 Å². The van der Waals surface area contributed by atoms with Crippen LogP contribution in [0.25, 0.3) is 0 Å². The Kier molecular flexibility index (Phi) is 13.2. The van der Waals surface area contributed by atoms with Gasteiger partial charge >= 0.3 is 23.4 Å². The van der Waals surface area contributed by atoms with Crippen molar-refractivity contribution in [1.29, 1.82) is 5.26 Å². The Morgan fingerprint density at radius 3 is 2.42 bits per heavy atom. The van der Waals surface area contributed by atoms with E-state index in [1.54, 1.807) is 23.3 Å². The molecular weight excluding hydrogens is 844 g/mol. The van der Waals surface area contributed by atoms with Crippen LogP contribution in [0.4, 0.5) is 43.4 Å². The monoisotopic (exact) mass is 884 g/mol. The van der Waals surface area contributed by atoms with Gasteiger partial charge in [-0.05, 0) is 51.3 Å². The molecule has 22 heteroatoms. The van der Waals surface area contributed by atoms with E-state index in [0.717, 1.165) is 21.7 Å². The zero-order chi connectivity index (χ0) is 43.7. The van der Waals surface area contributed by atoms with Crippen LogP contribution in [-0.2, 0) is 30.1 Å². The van der Waals surface area contributed by atoms with Crippen molar-refractivity contribution in [2.45, 2.75) is 88.5 Å². The second-order valence-electron chi connectivity index (χ2n) is 15.4. The number of imide groups is 1. The molecular formula is C38H41ClF6N9O5S+.